The van der Waals surface area contributed by atoms with E-state index in [2.05, 4.69) is 5.32 Å². The molecule has 0 aromatic heterocycles. The monoisotopic (exact) mass is 261 g/mol. The summed E-state index contributed by atoms with van der Waals surface area (Å²) in [5.41, 5.74) is 7.06. The van der Waals surface area contributed by atoms with Gasteiger partial charge >= 0.3 is 6.03 Å². The minimum atomic E-state index is -0.344. The van der Waals surface area contributed by atoms with Gasteiger partial charge in [-0.3, -0.25) is 4.79 Å². The zero-order chi connectivity index (χ0) is 13.8. The third-order valence-electron chi connectivity index (χ3n) is 3.24. The Morgan fingerprint density at radius 1 is 1.42 bits per heavy atom. The third-order valence-corrected chi connectivity index (χ3v) is 3.24. The first-order valence-electron chi connectivity index (χ1n) is 6.58. The predicted molar refractivity (Wildman–Crippen MR) is 73.7 cm³/mol. The number of carbonyl (C=O) groups excluding carboxylic acids is 2. The molecular weight excluding hydrogens is 242 g/mol. The van der Waals surface area contributed by atoms with E-state index in [0.29, 0.717) is 18.7 Å². The van der Waals surface area contributed by atoms with Crippen LogP contribution in [0.4, 0.5) is 10.5 Å². The van der Waals surface area contributed by atoms with Crippen molar-refractivity contribution in [1.29, 1.82) is 0 Å². The van der Waals surface area contributed by atoms with Crippen molar-refractivity contribution >= 4 is 17.6 Å². The summed E-state index contributed by atoms with van der Waals surface area (Å²) in [6, 6.07) is 6.81. The van der Waals surface area contributed by atoms with Gasteiger partial charge in [0.15, 0.2) is 0 Å². The quantitative estimate of drug-likeness (QED) is 0.867. The van der Waals surface area contributed by atoms with Crippen molar-refractivity contribution in [1.82, 2.24) is 5.32 Å². The highest BCUT2D eigenvalue weighted by molar-refractivity contribution is 6.16. The smallest absolute Gasteiger partial charge is 0.328 e. The highest BCUT2D eigenvalue weighted by atomic mass is 16.2. The van der Waals surface area contributed by atoms with Gasteiger partial charge in [0.25, 0.3) is 0 Å². The zero-order valence-corrected chi connectivity index (χ0v) is 11.1. The Balaban J connectivity index is 2.20. The van der Waals surface area contributed by atoms with Gasteiger partial charge in [0.05, 0.1) is 5.69 Å². The number of carbonyl (C=O) groups is 2. The van der Waals surface area contributed by atoms with Crippen LogP contribution in [0.3, 0.4) is 0 Å². The Morgan fingerprint density at radius 2 is 2.21 bits per heavy atom. The summed E-state index contributed by atoms with van der Waals surface area (Å²) >= 11 is 0. The molecule has 1 aliphatic rings. The Hall–Kier alpha value is -1.88. The molecule has 3 N–H and O–H groups in total. The van der Waals surface area contributed by atoms with Gasteiger partial charge in [-0.2, -0.15) is 0 Å². The summed E-state index contributed by atoms with van der Waals surface area (Å²) in [6.07, 6.45) is 2.13. The number of nitrogens with zero attached hydrogens (tertiary/aromatic N) is 1. The van der Waals surface area contributed by atoms with E-state index >= 15 is 0 Å². The second-order valence-corrected chi connectivity index (χ2v) is 4.74. The van der Waals surface area contributed by atoms with Crippen molar-refractivity contribution in [3.05, 3.63) is 29.8 Å². The topological polar surface area (TPSA) is 75.4 Å². The molecule has 0 bridgehead atoms. The van der Waals surface area contributed by atoms with Gasteiger partial charge in [-0.25, -0.2) is 9.69 Å². The van der Waals surface area contributed by atoms with Crippen LogP contribution in [-0.4, -0.2) is 18.0 Å². The van der Waals surface area contributed by atoms with E-state index in [1.54, 1.807) is 18.2 Å². The van der Waals surface area contributed by atoms with Gasteiger partial charge in [0, 0.05) is 19.0 Å². The second kappa shape index (κ2) is 5.84. The first-order valence-corrected chi connectivity index (χ1v) is 6.58. The minimum absolute atomic E-state index is 0.0426. The Kier molecular flexibility index (Phi) is 4.16. The third kappa shape index (κ3) is 2.93. The van der Waals surface area contributed by atoms with Gasteiger partial charge in [-0.15, -0.1) is 0 Å². The molecule has 102 valence electrons. The Morgan fingerprint density at radius 3 is 2.84 bits per heavy atom. The first kappa shape index (κ1) is 13.5. The maximum atomic E-state index is 12.1. The summed E-state index contributed by atoms with van der Waals surface area (Å²) in [5.74, 6) is -0.156. The molecular formula is C14H19N3O2. The molecule has 2 rings (SSSR count). The molecule has 1 unspecified atom stereocenters. The highest BCUT2D eigenvalue weighted by Crippen LogP contribution is 2.21. The fourth-order valence-corrected chi connectivity index (χ4v) is 2.31. The van der Waals surface area contributed by atoms with Crippen LogP contribution in [0.2, 0.25) is 0 Å². The van der Waals surface area contributed by atoms with E-state index in [1.807, 2.05) is 13.0 Å². The number of benzene rings is 1. The van der Waals surface area contributed by atoms with Crippen LogP contribution in [0, 0.1) is 0 Å². The molecule has 5 nitrogen and oxygen atoms in total. The average Bonchev–Trinajstić information content (AvgIpc) is 2.38. The molecule has 0 saturated carbocycles. The molecule has 1 aromatic carbocycles. The number of imide groups is 1. The Labute approximate surface area is 112 Å². The molecule has 3 amide bonds. The predicted octanol–water partition coefficient (Wildman–Crippen LogP) is 1.76. The lowest BCUT2D eigenvalue weighted by atomic mass is 10.0. The summed E-state index contributed by atoms with van der Waals surface area (Å²) in [4.78, 5) is 25.4. The van der Waals surface area contributed by atoms with E-state index < -0.39 is 0 Å². The maximum absolute atomic E-state index is 12.1. The van der Waals surface area contributed by atoms with E-state index in [4.69, 9.17) is 5.73 Å². The molecule has 1 fully saturated rings. The van der Waals surface area contributed by atoms with Gasteiger partial charge < -0.3 is 11.1 Å². The standard InChI is InChI=1S/C14H19N3O2/c1-2-4-11-8-13(18)17(14(19)16-11)12-6-3-5-10(7-12)9-15/h3,5-7,11H,2,4,8-9,15H2,1H3,(H,16,19). The number of rotatable bonds is 4. The number of urea groups is 1. The fraction of sp³-hybridized carbons (Fsp3) is 0.429. The van der Waals surface area contributed by atoms with Crippen molar-refractivity contribution < 1.29 is 9.59 Å². The molecule has 1 heterocycles. The van der Waals surface area contributed by atoms with Crippen LogP contribution in [0.1, 0.15) is 31.7 Å². The van der Waals surface area contributed by atoms with Crippen molar-refractivity contribution in [2.45, 2.75) is 38.8 Å². The maximum Gasteiger partial charge on any atom is 0.328 e. The summed E-state index contributed by atoms with van der Waals surface area (Å²) in [5, 5.41) is 2.87. The second-order valence-electron chi connectivity index (χ2n) is 4.74. The van der Waals surface area contributed by atoms with Gasteiger partial charge in [0.2, 0.25) is 5.91 Å². The summed E-state index contributed by atoms with van der Waals surface area (Å²) < 4.78 is 0. The Bertz CT molecular complexity index is 469. The lowest BCUT2D eigenvalue weighted by Gasteiger charge is -2.31. The molecule has 1 saturated heterocycles. The number of hydrogen-bond acceptors (Lipinski definition) is 3. The van der Waals surface area contributed by atoms with Crippen LogP contribution >= 0.6 is 0 Å². The van der Waals surface area contributed by atoms with Crippen molar-refractivity contribution in [2.24, 2.45) is 5.73 Å². The number of hydrogen-bond donors (Lipinski definition) is 2. The first-order chi connectivity index (χ1) is 9.15. The van der Waals surface area contributed by atoms with E-state index in [9.17, 15) is 9.59 Å². The fourth-order valence-electron chi connectivity index (χ4n) is 2.31. The normalized spacial score (nSPS) is 19.5. The zero-order valence-electron chi connectivity index (χ0n) is 11.1. The van der Waals surface area contributed by atoms with E-state index in [-0.39, 0.29) is 18.0 Å². The number of anilines is 1. The molecule has 0 spiro atoms. The molecule has 1 atom stereocenters. The van der Waals surface area contributed by atoms with Crippen LogP contribution < -0.4 is 16.0 Å². The van der Waals surface area contributed by atoms with Crippen molar-refractivity contribution in [2.75, 3.05) is 4.90 Å². The number of nitrogens with two attached hydrogens (primary N) is 1. The lowest BCUT2D eigenvalue weighted by molar-refractivity contribution is -0.119. The summed E-state index contributed by atoms with van der Waals surface area (Å²) in [7, 11) is 0. The van der Waals surface area contributed by atoms with Crippen molar-refractivity contribution in [3.8, 4) is 0 Å². The molecule has 19 heavy (non-hydrogen) atoms. The van der Waals surface area contributed by atoms with Crippen LogP contribution in [0.15, 0.2) is 24.3 Å². The molecule has 0 radical (unpaired) electrons. The minimum Gasteiger partial charge on any atom is -0.334 e. The number of nitrogens with one attached hydrogen (secondary N) is 1. The lowest BCUT2D eigenvalue weighted by Crippen LogP contribution is -2.54. The molecule has 5 heteroatoms. The van der Waals surface area contributed by atoms with Gasteiger partial charge in [-0.1, -0.05) is 25.5 Å². The SMILES string of the molecule is CCCC1CC(=O)N(c2cccc(CN)c2)C(=O)N1. The highest BCUT2D eigenvalue weighted by Gasteiger charge is 2.32. The van der Waals surface area contributed by atoms with E-state index in [1.165, 1.54) is 4.90 Å². The average molecular weight is 261 g/mol. The van der Waals surface area contributed by atoms with E-state index in [0.717, 1.165) is 18.4 Å². The molecule has 0 aliphatic carbocycles. The number of amides is 3. The van der Waals surface area contributed by atoms with Gasteiger partial charge in [-0.05, 0) is 24.1 Å². The van der Waals surface area contributed by atoms with Crippen LogP contribution in [0.25, 0.3) is 0 Å². The molecule has 1 aliphatic heterocycles. The van der Waals surface area contributed by atoms with Crippen molar-refractivity contribution in [3.63, 3.8) is 0 Å². The van der Waals surface area contributed by atoms with Crippen LogP contribution in [0.5, 0.6) is 0 Å². The van der Waals surface area contributed by atoms with Gasteiger partial charge in [0.1, 0.15) is 0 Å². The van der Waals surface area contributed by atoms with Crippen LogP contribution in [-0.2, 0) is 11.3 Å². The molecule has 1 aromatic rings. The largest absolute Gasteiger partial charge is 0.334 e. The summed E-state index contributed by atoms with van der Waals surface area (Å²) in [6.45, 7) is 2.42.